The second-order valence-corrected chi connectivity index (χ2v) is 4.12. The lowest BCUT2D eigenvalue weighted by Crippen LogP contribution is -2.41. The van der Waals surface area contributed by atoms with Crippen molar-refractivity contribution >= 4 is 12.4 Å². The van der Waals surface area contributed by atoms with Crippen LogP contribution in [0.2, 0.25) is 0 Å². The second kappa shape index (κ2) is 3.95. The average Bonchev–Trinajstić information content (AvgIpc) is 2.26. The van der Waals surface area contributed by atoms with Crippen LogP contribution in [0.3, 0.4) is 0 Å². The lowest BCUT2D eigenvalue weighted by molar-refractivity contribution is 0.137. The molecule has 2 bridgehead atoms. The molecule has 0 aromatic heterocycles. The maximum absolute atomic E-state index is 5.68. The van der Waals surface area contributed by atoms with Gasteiger partial charge >= 0.3 is 0 Å². The highest BCUT2D eigenvalue weighted by molar-refractivity contribution is 5.85. The Balaban J connectivity index is 0.000000720. The van der Waals surface area contributed by atoms with Gasteiger partial charge in [0.1, 0.15) is 0 Å². The Hall–Kier alpha value is 0.210. The topological polar surface area (TPSA) is 29.3 Å². The maximum atomic E-state index is 5.68. The van der Waals surface area contributed by atoms with E-state index in [1.54, 1.807) is 0 Å². The van der Waals surface area contributed by atoms with E-state index >= 15 is 0 Å². The number of piperidine rings is 1. The van der Waals surface area contributed by atoms with Crippen molar-refractivity contribution in [1.29, 1.82) is 0 Å². The molecule has 0 saturated carbocycles. The molecule has 3 atom stereocenters. The Morgan fingerprint density at radius 1 is 1.25 bits per heavy atom. The van der Waals surface area contributed by atoms with Crippen LogP contribution in [0.25, 0.3) is 0 Å². The van der Waals surface area contributed by atoms with E-state index in [0.717, 1.165) is 24.5 Å². The molecule has 12 heavy (non-hydrogen) atoms. The molecule has 0 radical (unpaired) electrons. The van der Waals surface area contributed by atoms with Crippen molar-refractivity contribution in [3.05, 3.63) is 0 Å². The lowest BCUT2D eigenvalue weighted by atomic mass is 9.91. The van der Waals surface area contributed by atoms with Gasteiger partial charge in [-0.1, -0.05) is 0 Å². The standard InChI is InChI=1S/C9H18N2.ClH/c1-11-8-2-3-9(11)5-7(4-8)6-10;/h7-9H,2-6,10H2,1H3;1H/t7?,8-,9+;. The van der Waals surface area contributed by atoms with Crippen molar-refractivity contribution < 1.29 is 0 Å². The first kappa shape index (κ1) is 10.3. The molecular weight excluding hydrogens is 172 g/mol. The van der Waals surface area contributed by atoms with Crippen molar-refractivity contribution in [3.8, 4) is 0 Å². The van der Waals surface area contributed by atoms with Gasteiger partial charge in [-0.05, 0) is 45.2 Å². The highest BCUT2D eigenvalue weighted by atomic mass is 35.5. The molecule has 2 nitrogen and oxygen atoms in total. The first-order valence-electron chi connectivity index (χ1n) is 4.73. The second-order valence-electron chi connectivity index (χ2n) is 4.12. The molecular formula is C9H19ClN2. The van der Waals surface area contributed by atoms with Crippen molar-refractivity contribution in [3.63, 3.8) is 0 Å². The molecule has 2 aliphatic heterocycles. The minimum atomic E-state index is 0. The van der Waals surface area contributed by atoms with E-state index in [1.807, 2.05) is 0 Å². The molecule has 2 N–H and O–H groups in total. The summed E-state index contributed by atoms with van der Waals surface area (Å²) >= 11 is 0. The van der Waals surface area contributed by atoms with Crippen LogP contribution in [0, 0.1) is 5.92 Å². The van der Waals surface area contributed by atoms with Crippen molar-refractivity contribution in [2.45, 2.75) is 37.8 Å². The number of hydrogen-bond donors (Lipinski definition) is 1. The van der Waals surface area contributed by atoms with E-state index in [2.05, 4.69) is 11.9 Å². The Labute approximate surface area is 80.9 Å². The monoisotopic (exact) mass is 190 g/mol. The summed E-state index contributed by atoms with van der Waals surface area (Å²) in [6, 6.07) is 1.73. The zero-order chi connectivity index (χ0) is 7.84. The molecule has 3 heteroatoms. The third kappa shape index (κ3) is 1.61. The van der Waals surface area contributed by atoms with Crippen LogP contribution >= 0.6 is 12.4 Å². The summed E-state index contributed by atoms with van der Waals surface area (Å²) in [4.78, 5) is 2.56. The van der Waals surface area contributed by atoms with Gasteiger partial charge in [0.05, 0.1) is 0 Å². The summed E-state index contributed by atoms with van der Waals surface area (Å²) < 4.78 is 0. The van der Waals surface area contributed by atoms with Crippen LogP contribution in [0.5, 0.6) is 0 Å². The summed E-state index contributed by atoms with van der Waals surface area (Å²) in [6.45, 7) is 0.904. The van der Waals surface area contributed by atoms with Gasteiger partial charge in [-0.15, -0.1) is 12.4 Å². The van der Waals surface area contributed by atoms with Gasteiger partial charge in [-0.2, -0.15) is 0 Å². The predicted octanol–water partition coefficient (Wildman–Crippen LogP) is 1.24. The molecule has 0 aromatic carbocycles. The van der Waals surface area contributed by atoms with Gasteiger partial charge < -0.3 is 10.6 Å². The number of rotatable bonds is 1. The first-order valence-corrected chi connectivity index (χ1v) is 4.73. The molecule has 2 saturated heterocycles. The van der Waals surface area contributed by atoms with Gasteiger partial charge in [-0.25, -0.2) is 0 Å². The van der Waals surface area contributed by atoms with E-state index in [0.29, 0.717) is 0 Å². The molecule has 72 valence electrons. The van der Waals surface area contributed by atoms with Crippen LogP contribution in [-0.4, -0.2) is 30.6 Å². The zero-order valence-electron chi connectivity index (χ0n) is 7.70. The van der Waals surface area contributed by atoms with Crippen LogP contribution < -0.4 is 5.73 Å². The molecule has 2 fully saturated rings. The normalized spacial score (nSPS) is 41.0. The van der Waals surface area contributed by atoms with E-state index in [9.17, 15) is 0 Å². The van der Waals surface area contributed by atoms with Crippen LogP contribution in [0.15, 0.2) is 0 Å². The molecule has 0 aromatic rings. The van der Waals surface area contributed by atoms with E-state index in [4.69, 9.17) is 5.73 Å². The third-order valence-corrected chi connectivity index (χ3v) is 3.53. The highest BCUT2D eigenvalue weighted by Gasteiger charge is 2.37. The SMILES string of the molecule is CN1[C@@H]2CC[C@H]1CC(CN)C2.Cl. The van der Waals surface area contributed by atoms with Crippen molar-refractivity contribution in [2.75, 3.05) is 13.6 Å². The first-order chi connectivity index (χ1) is 5.31. The summed E-state index contributed by atoms with van der Waals surface area (Å²) in [7, 11) is 2.27. The molecule has 1 unspecified atom stereocenters. The third-order valence-electron chi connectivity index (χ3n) is 3.53. The van der Waals surface area contributed by atoms with Crippen molar-refractivity contribution in [2.24, 2.45) is 11.7 Å². The Kier molecular flexibility index (Phi) is 3.38. The van der Waals surface area contributed by atoms with E-state index in [-0.39, 0.29) is 12.4 Å². The van der Waals surface area contributed by atoms with Gasteiger partial charge in [0.15, 0.2) is 0 Å². The zero-order valence-corrected chi connectivity index (χ0v) is 8.52. The molecule has 0 aliphatic carbocycles. The van der Waals surface area contributed by atoms with Crippen LogP contribution in [0.4, 0.5) is 0 Å². The number of nitrogens with two attached hydrogens (primary N) is 1. The minimum Gasteiger partial charge on any atom is -0.330 e. The lowest BCUT2D eigenvalue weighted by Gasteiger charge is -2.35. The maximum Gasteiger partial charge on any atom is 0.00988 e. The predicted molar refractivity (Wildman–Crippen MR) is 53.6 cm³/mol. The fraction of sp³-hybridized carbons (Fsp3) is 1.00. The molecule has 0 spiro atoms. The van der Waals surface area contributed by atoms with Gasteiger partial charge in [0.25, 0.3) is 0 Å². The number of fused-ring (bicyclic) bond motifs is 2. The summed E-state index contributed by atoms with van der Waals surface area (Å²) in [5.41, 5.74) is 5.68. The van der Waals surface area contributed by atoms with E-state index < -0.39 is 0 Å². The molecule has 2 aliphatic rings. The Morgan fingerprint density at radius 3 is 2.17 bits per heavy atom. The van der Waals surface area contributed by atoms with Gasteiger partial charge in [0, 0.05) is 12.1 Å². The summed E-state index contributed by atoms with van der Waals surface area (Å²) in [5.74, 6) is 0.823. The minimum absolute atomic E-state index is 0. The molecule has 0 amide bonds. The number of hydrogen-bond acceptors (Lipinski definition) is 2. The smallest absolute Gasteiger partial charge is 0.00988 e. The Morgan fingerprint density at radius 2 is 1.75 bits per heavy atom. The molecule has 2 heterocycles. The fourth-order valence-corrected chi connectivity index (χ4v) is 2.72. The summed E-state index contributed by atoms with van der Waals surface area (Å²) in [5, 5.41) is 0. The quantitative estimate of drug-likeness (QED) is 0.674. The highest BCUT2D eigenvalue weighted by Crippen LogP contribution is 2.36. The van der Waals surface area contributed by atoms with Gasteiger partial charge in [-0.3, -0.25) is 0 Å². The Bertz CT molecular complexity index is 137. The van der Waals surface area contributed by atoms with E-state index in [1.165, 1.54) is 25.7 Å². The van der Waals surface area contributed by atoms with Gasteiger partial charge in [0.2, 0.25) is 0 Å². The van der Waals surface area contributed by atoms with Crippen molar-refractivity contribution in [1.82, 2.24) is 4.90 Å². The molecule has 2 rings (SSSR count). The number of nitrogens with zero attached hydrogens (tertiary/aromatic N) is 1. The largest absolute Gasteiger partial charge is 0.330 e. The number of halogens is 1. The fourth-order valence-electron chi connectivity index (χ4n) is 2.72. The van der Waals surface area contributed by atoms with Crippen LogP contribution in [-0.2, 0) is 0 Å². The average molecular weight is 191 g/mol. The summed E-state index contributed by atoms with van der Waals surface area (Å²) in [6.07, 6.45) is 5.53. The van der Waals surface area contributed by atoms with Crippen LogP contribution in [0.1, 0.15) is 25.7 Å².